The van der Waals surface area contributed by atoms with Crippen molar-refractivity contribution in [1.29, 1.82) is 0 Å². The summed E-state index contributed by atoms with van der Waals surface area (Å²) in [7, 11) is 0. The van der Waals surface area contributed by atoms with E-state index < -0.39 is 0 Å². The van der Waals surface area contributed by atoms with Crippen molar-refractivity contribution in [3.8, 4) is 22.4 Å². The molecule has 0 spiro atoms. The predicted molar refractivity (Wildman–Crippen MR) is 81.7 cm³/mol. The molecule has 0 aliphatic heterocycles. The van der Waals surface area contributed by atoms with Crippen molar-refractivity contribution in [1.82, 2.24) is 9.97 Å². The Morgan fingerprint density at radius 1 is 0.650 bits per heavy atom. The summed E-state index contributed by atoms with van der Waals surface area (Å²) in [5, 5.41) is 0. The minimum absolute atomic E-state index is 0.182. The molecule has 0 atom stereocenters. The summed E-state index contributed by atoms with van der Waals surface area (Å²) >= 11 is 0. The lowest BCUT2D eigenvalue weighted by Crippen LogP contribution is -2.04. The first-order valence-corrected chi connectivity index (χ1v) is 6.29. The van der Waals surface area contributed by atoms with E-state index in [-0.39, 0.29) is 5.95 Å². The first-order chi connectivity index (χ1) is 9.75. The van der Waals surface area contributed by atoms with E-state index >= 15 is 0 Å². The SMILES string of the molecule is Nc1nc(N)c(-c2ccccc2)c(-c2ccccc2)n1. The maximum atomic E-state index is 6.06. The molecule has 0 fully saturated rings. The highest BCUT2D eigenvalue weighted by Crippen LogP contribution is 2.34. The Morgan fingerprint density at radius 2 is 1.20 bits per heavy atom. The van der Waals surface area contributed by atoms with Crippen LogP contribution in [-0.4, -0.2) is 9.97 Å². The van der Waals surface area contributed by atoms with E-state index in [1.807, 2.05) is 60.7 Å². The van der Waals surface area contributed by atoms with Gasteiger partial charge in [0.15, 0.2) is 0 Å². The van der Waals surface area contributed by atoms with Crippen LogP contribution in [-0.2, 0) is 0 Å². The van der Waals surface area contributed by atoms with Gasteiger partial charge in [-0.1, -0.05) is 60.7 Å². The lowest BCUT2D eigenvalue weighted by atomic mass is 10.00. The van der Waals surface area contributed by atoms with Crippen LogP contribution >= 0.6 is 0 Å². The monoisotopic (exact) mass is 262 g/mol. The minimum Gasteiger partial charge on any atom is -0.383 e. The predicted octanol–water partition coefficient (Wildman–Crippen LogP) is 2.98. The summed E-state index contributed by atoms with van der Waals surface area (Å²) in [6.07, 6.45) is 0. The molecule has 0 amide bonds. The number of nitrogens with two attached hydrogens (primary N) is 2. The number of anilines is 2. The maximum absolute atomic E-state index is 6.06. The zero-order chi connectivity index (χ0) is 13.9. The summed E-state index contributed by atoms with van der Waals surface area (Å²) in [4.78, 5) is 8.45. The van der Waals surface area contributed by atoms with Gasteiger partial charge in [-0.15, -0.1) is 0 Å². The molecule has 2 aromatic carbocycles. The third-order valence-electron chi connectivity index (χ3n) is 3.06. The molecule has 3 rings (SSSR count). The Kier molecular flexibility index (Phi) is 3.05. The highest BCUT2D eigenvalue weighted by molar-refractivity contribution is 5.87. The van der Waals surface area contributed by atoms with Crippen molar-refractivity contribution in [2.45, 2.75) is 0 Å². The number of nitrogen functional groups attached to an aromatic ring is 2. The second-order valence-corrected chi connectivity index (χ2v) is 4.42. The standard InChI is InChI=1S/C16H14N4/c17-15-13(11-7-3-1-4-8-11)14(19-16(18)20-15)12-9-5-2-6-10-12/h1-10H,(H4,17,18,19,20). The van der Waals surface area contributed by atoms with Gasteiger partial charge in [0.1, 0.15) is 5.82 Å². The molecular weight excluding hydrogens is 248 g/mol. The fourth-order valence-electron chi connectivity index (χ4n) is 2.19. The third-order valence-corrected chi connectivity index (χ3v) is 3.06. The molecule has 0 aliphatic rings. The van der Waals surface area contributed by atoms with Gasteiger partial charge in [-0.25, -0.2) is 4.98 Å². The van der Waals surface area contributed by atoms with Crippen LogP contribution in [0.5, 0.6) is 0 Å². The number of aromatic nitrogens is 2. The fourth-order valence-corrected chi connectivity index (χ4v) is 2.19. The van der Waals surface area contributed by atoms with Crippen LogP contribution in [0.3, 0.4) is 0 Å². The number of nitrogens with zero attached hydrogens (tertiary/aromatic N) is 2. The van der Waals surface area contributed by atoms with Gasteiger partial charge in [0.05, 0.1) is 11.3 Å². The van der Waals surface area contributed by atoms with Gasteiger partial charge in [0, 0.05) is 5.56 Å². The lowest BCUT2D eigenvalue weighted by molar-refractivity contribution is 1.20. The summed E-state index contributed by atoms with van der Waals surface area (Å²) in [6, 6.07) is 19.7. The van der Waals surface area contributed by atoms with Gasteiger partial charge in [0.25, 0.3) is 0 Å². The smallest absolute Gasteiger partial charge is 0.222 e. The van der Waals surface area contributed by atoms with Gasteiger partial charge in [0.2, 0.25) is 5.95 Å². The van der Waals surface area contributed by atoms with Crippen molar-refractivity contribution in [2.75, 3.05) is 11.5 Å². The van der Waals surface area contributed by atoms with Crippen molar-refractivity contribution >= 4 is 11.8 Å². The van der Waals surface area contributed by atoms with E-state index in [4.69, 9.17) is 11.5 Å². The Hall–Kier alpha value is -2.88. The van der Waals surface area contributed by atoms with E-state index in [0.717, 1.165) is 22.4 Å². The van der Waals surface area contributed by atoms with Crippen LogP contribution < -0.4 is 11.5 Å². The Balaban J connectivity index is 2.29. The van der Waals surface area contributed by atoms with Gasteiger partial charge in [-0.3, -0.25) is 0 Å². The fraction of sp³-hybridized carbons (Fsp3) is 0. The molecule has 1 aromatic heterocycles. The first kappa shape index (κ1) is 12.2. The molecule has 0 aliphatic carbocycles. The average Bonchev–Trinajstić information content (AvgIpc) is 2.48. The normalized spacial score (nSPS) is 10.4. The highest BCUT2D eigenvalue weighted by atomic mass is 15.0. The van der Waals surface area contributed by atoms with Gasteiger partial charge >= 0.3 is 0 Å². The van der Waals surface area contributed by atoms with Crippen LogP contribution in [0.15, 0.2) is 60.7 Å². The van der Waals surface area contributed by atoms with Gasteiger partial charge in [-0.05, 0) is 5.56 Å². The molecule has 4 nitrogen and oxygen atoms in total. The van der Waals surface area contributed by atoms with Crippen molar-refractivity contribution in [3.05, 3.63) is 60.7 Å². The average molecular weight is 262 g/mol. The lowest BCUT2D eigenvalue weighted by Gasteiger charge is -2.12. The zero-order valence-corrected chi connectivity index (χ0v) is 10.8. The second kappa shape index (κ2) is 5.01. The highest BCUT2D eigenvalue weighted by Gasteiger charge is 2.14. The Labute approximate surface area is 117 Å². The van der Waals surface area contributed by atoms with Crippen LogP contribution in [0.4, 0.5) is 11.8 Å². The second-order valence-electron chi connectivity index (χ2n) is 4.42. The molecule has 3 aromatic rings. The van der Waals surface area contributed by atoms with Crippen molar-refractivity contribution < 1.29 is 0 Å². The Morgan fingerprint density at radius 3 is 1.80 bits per heavy atom. The van der Waals surface area contributed by atoms with Crippen molar-refractivity contribution in [3.63, 3.8) is 0 Å². The molecule has 0 radical (unpaired) electrons. The third kappa shape index (κ3) is 2.19. The largest absolute Gasteiger partial charge is 0.383 e. The summed E-state index contributed by atoms with van der Waals surface area (Å²) in [5.74, 6) is 0.573. The molecule has 20 heavy (non-hydrogen) atoms. The molecule has 0 saturated carbocycles. The number of benzene rings is 2. The van der Waals surface area contributed by atoms with E-state index in [2.05, 4.69) is 9.97 Å². The molecule has 1 heterocycles. The van der Waals surface area contributed by atoms with Crippen LogP contribution in [0.25, 0.3) is 22.4 Å². The number of rotatable bonds is 2. The summed E-state index contributed by atoms with van der Waals surface area (Å²) in [6.45, 7) is 0. The molecular formula is C16H14N4. The van der Waals surface area contributed by atoms with Gasteiger partial charge < -0.3 is 11.5 Å². The van der Waals surface area contributed by atoms with E-state index in [1.165, 1.54) is 0 Å². The quantitative estimate of drug-likeness (QED) is 0.744. The molecule has 4 heteroatoms. The van der Waals surface area contributed by atoms with Crippen LogP contribution in [0, 0.1) is 0 Å². The maximum Gasteiger partial charge on any atom is 0.222 e. The topological polar surface area (TPSA) is 77.8 Å². The van der Waals surface area contributed by atoms with Crippen LogP contribution in [0.2, 0.25) is 0 Å². The minimum atomic E-state index is 0.182. The number of hydrogen-bond acceptors (Lipinski definition) is 4. The van der Waals surface area contributed by atoms with E-state index in [0.29, 0.717) is 5.82 Å². The van der Waals surface area contributed by atoms with Gasteiger partial charge in [-0.2, -0.15) is 4.98 Å². The van der Waals surface area contributed by atoms with Crippen LogP contribution in [0.1, 0.15) is 0 Å². The molecule has 0 saturated heterocycles. The summed E-state index contributed by atoms with van der Waals surface area (Å²) < 4.78 is 0. The molecule has 4 N–H and O–H groups in total. The van der Waals surface area contributed by atoms with E-state index in [1.54, 1.807) is 0 Å². The van der Waals surface area contributed by atoms with E-state index in [9.17, 15) is 0 Å². The van der Waals surface area contributed by atoms with Crippen molar-refractivity contribution in [2.24, 2.45) is 0 Å². The molecule has 0 bridgehead atoms. The zero-order valence-electron chi connectivity index (χ0n) is 10.8. The number of hydrogen-bond donors (Lipinski definition) is 2. The molecule has 98 valence electrons. The Bertz CT molecular complexity index is 724. The summed E-state index contributed by atoms with van der Waals surface area (Å²) in [5.41, 5.74) is 15.3. The first-order valence-electron chi connectivity index (χ1n) is 6.29. The molecule has 0 unspecified atom stereocenters.